The maximum atomic E-state index is 12.2. The maximum absolute atomic E-state index is 12.2. The van der Waals surface area contributed by atoms with Crippen molar-refractivity contribution in [3.05, 3.63) is 16.5 Å². The van der Waals surface area contributed by atoms with Gasteiger partial charge < -0.3 is 9.73 Å². The highest BCUT2D eigenvalue weighted by molar-refractivity contribution is 9.10. The Hall–Kier alpha value is -0.370. The van der Waals surface area contributed by atoms with Gasteiger partial charge in [0.2, 0.25) is 10.0 Å². The zero-order valence-electron chi connectivity index (χ0n) is 11.8. The van der Waals surface area contributed by atoms with E-state index in [-0.39, 0.29) is 9.56 Å². The van der Waals surface area contributed by atoms with Crippen molar-refractivity contribution in [3.8, 4) is 0 Å². The van der Waals surface area contributed by atoms with Crippen molar-refractivity contribution in [1.29, 1.82) is 0 Å². The summed E-state index contributed by atoms with van der Waals surface area (Å²) < 4.78 is 32.8. The lowest BCUT2D eigenvalue weighted by molar-refractivity contribution is 0.461. The van der Waals surface area contributed by atoms with Crippen molar-refractivity contribution >= 4 is 26.0 Å². The molecule has 0 spiro atoms. The predicted molar refractivity (Wildman–Crippen MR) is 80.9 cm³/mol. The van der Waals surface area contributed by atoms with Crippen molar-refractivity contribution in [2.45, 2.75) is 38.1 Å². The Balaban J connectivity index is 1.99. The Morgan fingerprint density at radius 1 is 1.50 bits per heavy atom. The fourth-order valence-corrected chi connectivity index (χ4v) is 4.12. The normalized spacial score (nSPS) is 22.1. The fraction of sp³-hybridized carbons (Fsp3) is 0.692. The second-order valence-corrected chi connectivity index (χ2v) is 7.81. The molecule has 0 aromatic carbocycles. The monoisotopic (exact) mass is 364 g/mol. The van der Waals surface area contributed by atoms with Gasteiger partial charge in [-0.2, -0.15) is 0 Å². The van der Waals surface area contributed by atoms with Crippen LogP contribution in [0.15, 0.2) is 20.0 Å². The SMILES string of the molecule is CCCNCc1cc(S(=O)(=O)NCC2CC2C)c(Br)o1. The minimum atomic E-state index is -3.50. The van der Waals surface area contributed by atoms with Gasteiger partial charge in [0.1, 0.15) is 10.7 Å². The van der Waals surface area contributed by atoms with Crippen LogP contribution in [0.4, 0.5) is 0 Å². The average Bonchev–Trinajstić information content (AvgIpc) is 2.95. The van der Waals surface area contributed by atoms with Gasteiger partial charge >= 0.3 is 0 Å². The van der Waals surface area contributed by atoms with Crippen LogP contribution in [0.1, 0.15) is 32.4 Å². The summed E-state index contributed by atoms with van der Waals surface area (Å²) in [5.41, 5.74) is 0. The minimum absolute atomic E-state index is 0.180. The molecular weight excluding hydrogens is 344 g/mol. The summed E-state index contributed by atoms with van der Waals surface area (Å²) in [6, 6.07) is 1.57. The first-order valence-corrected chi connectivity index (χ1v) is 9.20. The average molecular weight is 365 g/mol. The summed E-state index contributed by atoms with van der Waals surface area (Å²) in [5.74, 6) is 1.71. The molecule has 2 rings (SSSR count). The van der Waals surface area contributed by atoms with E-state index in [2.05, 4.69) is 39.8 Å². The highest BCUT2D eigenvalue weighted by Crippen LogP contribution is 2.37. The molecule has 1 aromatic rings. The third-order valence-electron chi connectivity index (χ3n) is 3.53. The Morgan fingerprint density at radius 3 is 2.80 bits per heavy atom. The second-order valence-electron chi connectivity index (χ2n) is 5.35. The fourth-order valence-electron chi connectivity index (χ4n) is 2.03. The summed E-state index contributed by atoms with van der Waals surface area (Å²) in [6.07, 6.45) is 2.12. The summed E-state index contributed by atoms with van der Waals surface area (Å²) in [5, 5.41) is 3.18. The first kappa shape index (κ1) is 16.0. The molecule has 20 heavy (non-hydrogen) atoms. The van der Waals surface area contributed by atoms with Crippen LogP contribution in [0.25, 0.3) is 0 Å². The van der Waals surface area contributed by atoms with Crippen LogP contribution in [0.2, 0.25) is 0 Å². The highest BCUT2D eigenvalue weighted by atomic mass is 79.9. The molecule has 1 aliphatic rings. The van der Waals surface area contributed by atoms with Crippen LogP contribution in [0.3, 0.4) is 0 Å². The molecule has 0 saturated heterocycles. The van der Waals surface area contributed by atoms with E-state index in [1.165, 1.54) is 0 Å². The molecule has 1 fully saturated rings. The number of sulfonamides is 1. The molecule has 5 nitrogen and oxygen atoms in total. The largest absolute Gasteiger partial charge is 0.452 e. The topological polar surface area (TPSA) is 71.3 Å². The predicted octanol–water partition coefficient (Wildman–Crippen LogP) is 2.48. The van der Waals surface area contributed by atoms with E-state index < -0.39 is 10.0 Å². The first-order chi connectivity index (χ1) is 9.44. The molecule has 2 unspecified atom stereocenters. The number of halogens is 1. The number of rotatable bonds is 8. The third-order valence-corrected chi connectivity index (χ3v) is 5.81. The standard InChI is InChI=1S/C13H21BrN2O3S/c1-3-4-15-8-11-6-12(13(14)19-11)20(17,18)16-7-10-5-9(10)2/h6,9-10,15-16H,3-5,7-8H2,1-2H3. The van der Waals surface area contributed by atoms with E-state index in [1.54, 1.807) is 6.07 Å². The van der Waals surface area contributed by atoms with E-state index in [9.17, 15) is 8.42 Å². The lowest BCUT2D eigenvalue weighted by Gasteiger charge is -2.03. The van der Waals surface area contributed by atoms with Crippen molar-refractivity contribution < 1.29 is 12.8 Å². The van der Waals surface area contributed by atoms with Gasteiger partial charge in [0, 0.05) is 12.6 Å². The number of hydrogen-bond donors (Lipinski definition) is 2. The van der Waals surface area contributed by atoms with Crippen molar-refractivity contribution in [3.63, 3.8) is 0 Å². The Morgan fingerprint density at radius 2 is 2.20 bits per heavy atom. The van der Waals surface area contributed by atoms with Crippen molar-refractivity contribution in [2.24, 2.45) is 11.8 Å². The van der Waals surface area contributed by atoms with Crippen LogP contribution in [0.5, 0.6) is 0 Å². The van der Waals surface area contributed by atoms with Gasteiger partial charge in [-0.05, 0) is 47.2 Å². The van der Waals surface area contributed by atoms with Gasteiger partial charge in [0.25, 0.3) is 0 Å². The van der Waals surface area contributed by atoms with Gasteiger partial charge in [0.05, 0.1) is 6.54 Å². The molecule has 1 heterocycles. The molecule has 0 bridgehead atoms. The third kappa shape index (κ3) is 4.07. The Bertz CT molecular complexity index is 556. The van der Waals surface area contributed by atoms with Crippen LogP contribution < -0.4 is 10.0 Å². The summed E-state index contributed by atoms with van der Waals surface area (Å²) in [4.78, 5) is 0.180. The van der Waals surface area contributed by atoms with Gasteiger partial charge in [-0.15, -0.1) is 0 Å². The molecule has 0 amide bonds. The smallest absolute Gasteiger partial charge is 0.244 e. The van der Waals surface area contributed by atoms with E-state index in [4.69, 9.17) is 4.42 Å². The molecule has 7 heteroatoms. The second kappa shape index (κ2) is 6.60. The molecule has 2 atom stereocenters. The first-order valence-electron chi connectivity index (χ1n) is 6.92. The maximum Gasteiger partial charge on any atom is 0.244 e. The molecular formula is C13H21BrN2O3S. The van der Waals surface area contributed by atoms with Crippen LogP contribution in [-0.2, 0) is 16.6 Å². The van der Waals surface area contributed by atoms with Crippen LogP contribution in [-0.4, -0.2) is 21.5 Å². The van der Waals surface area contributed by atoms with E-state index in [1.807, 2.05) is 0 Å². The molecule has 2 N–H and O–H groups in total. The zero-order chi connectivity index (χ0) is 14.8. The molecule has 0 aliphatic heterocycles. The zero-order valence-corrected chi connectivity index (χ0v) is 14.2. The molecule has 1 saturated carbocycles. The van der Waals surface area contributed by atoms with E-state index in [0.29, 0.717) is 30.7 Å². The number of furan rings is 1. The molecule has 1 aromatic heterocycles. The van der Waals surface area contributed by atoms with E-state index >= 15 is 0 Å². The van der Waals surface area contributed by atoms with Gasteiger partial charge in [-0.3, -0.25) is 0 Å². The van der Waals surface area contributed by atoms with Gasteiger partial charge in [-0.25, -0.2) is 13.1 Å². The quantitative estimate of drug-likeness (QED) is 0.695. The highest BCUT2D eigenvalue weighted by Gasteiger charge is 2.34. The lowest BCUT2D eigenvalue weighted by atomic mass is 10.3. The molecule has 114 valence electrons. The number of hydrogen-bond acceptors (Lipinski definition) is 4. The summed E-state index contributed by atoms with van der Waals surface area (Å²) >= 11 is 3.18. The van der Waals surface area contributed by atoms with Crippen molar-refractivity contribution in [1.82, 2.24) is 10.0 Å². The minimum Gasteiger partial charge on any atom is -0.452 e. The molecule has 1 aliphatic carbocycles. The Kier molecular flexibility index (Phi) is 5.28. The Labute approximate surface area is 128 Å². The lowest BCUT2D eigenvalue weighted by Crippen LogP contribution is -2.26. The van der Waals surface area contributed by atoms with E-state index in [0.717, 1.165) is 19.4 Å². The van der Waals surface area contributed by atoms with Gasteiger partial charge in [-0.1, -0.05) is 13.8 Å². The molecule has 0 radical (unpaired) electrons. The van der Waals surface area contributed by atoms with Crippen LogP contribution >= 0.6 is 15.9 Å². The number of nitrogens with one attached hydrogen (secondary N) is 2. The summed E-state index contributed by atoms with van der Waals surface area (Å²) in [6.45, 7) is 6.11. The van der Waals surface area contributed by atoms with Gasteiger partial charge in [0.15, 0.2) is 4.67 Å². The van der Waals surface area contributed by atoms with Crippen LogP contribution in [0, 0.1) is 11.8 Å². The summed E-state index contributed by atoms with van der Waals surface area (Å²) in [7, 11) is -3.50. The van der Waals surface area contributed by atoms with Crippen molar-refractivity contribution in [2.75, 3.05) is 13.1 Å².